The lowest BCUT2D eigenvalue weighted by molar-refractivity contribution is -0.144. The van der Waals surface area contributed by atoms with E-state index in [9.17, 15) is 19.2 Å². The Kier molecular flexibility index (Phi) is 29.6. The third kappa shape index (κ3) is 33.5. The molecule has 0 aromatic rings. The van der Waals surface area contributed by atoms with Crippen molar-refractivity contribution in [3.8, 4) is 0 Å². The minimum Gasteiger partial charge on any atom is -0.480 e. The van der Waals surface area contributed by atoms with E-state index in [0.29, 0.717) is 39.5 Å². The molecule has 37 heavy (non-hydrogen) atoms. The molecule has 17 nitrogen and oxygen atoms in total. The van der Waals surface area contributed by atoms with Gasteiger partial charge in [0.05, 0.1) is 79.0 Å². The van der Waals surface area contributed by atoms with Crippen molar-refractivity contribution in [3.63, 3.8) is 0 Å². The molecule has 220 valence electrons. The Bertz CT molecular complexity index is 517. The van der Waals surface area contributed by atoms with Gasteiger partial charge in [-0.1, -0.05) is 0 Å². The molecule has 0 heterocycles. The van der Waals surface area contributed by atoms with Crippen LogP contribution in [0.2, 0.25) is 0 Å². The van der Waals surface area contributed by atoms with Gasteiger partial charge in [-0.2, -0.15) is 0 Å². The van der Waals surface area contributed by atoms with Gasteiger partial charge in [0.25, 0.3) is 0 Å². The zero-order valence-electron chi connectivity index (χ0n) is 20.9. The number of nitrogens with zero attached hydrogens (tertiary/aromatic N) is 2. The van der Waals surface area contributed by atoms with Crippen LogP contribution in [0.5, 0.6) is 0 Å². The molecule has 17 heteroatoms. The van der Waals surface area contributed by atoms with E-state index < -0.39 is 50.1 Å². The van der Waals surface area contributed by atoms with Gasteiger partial charge in [-0.25, -0.2) is 0 Å². The summed E-state index contributed by atoms with van der Waals surface area (Å²) in [5.41, 5.74) is 10.4. The second-order valence-corrected chi connectivity index (χ2v) is 7.02. The third-order valence-corrected chi connectivity index (χ3v) is 3.81. The van der Waals surface area contributed by atoms with Crippen LogP contribution in [-0.2, 0) is 38.1 Å². The van der Waals surface area contributed by atoms with E-state index in [1.807, 2.05) is 0 Å². The number of carboxylic acids is 4. The maximum atomic E-state index is 10.6. The number of carboxylic acid groups (broad SMARTS) is 4. The number of aliphatic carboxylic acids is 4. The molecule has 0 fully saturated rings. The van der Waals surface area contributed by atoms with Crippen molar-refractivity contribution >= 4 is 23.9 Å². The molecule has 0 aliphatic carbocycles. The lowest BCUT2D eigenvalue weighted by Gasteiger charge is -2.18. The van der Waals surface area contributed by atoms with Gasteiger partial charge in [0.1, 0.15) is 0 Å². The molecule has 0 aliphatic rings. The van der Waals surface area contributed by atoms with Crippen molar-refractivity contribution in [2.75, 3.05) is 105 Å². The second-order valence-electron chi connectivity index (χ2n) is 7.02. The van der Waals surface area contributed by atoms with Gasteiger partial charge in [-0.3, -0.25) is 29.0 Å². The van der Waals surface area contributed by atoms with E-state index in [0.717, 1.165) is 0 Å². The summed E-state index contributed by atoms with van der Waals surface area (Å²) in [6.07, 6.45) is 0. The SMILES string of the molecule is NCCOCCOCCN.O.O=C(O)CN(CCOCCOCCN(CC(=O)O)CC(=O)O)CC(=O)O. The Balaban J connectivity index is -0.000000886. The van der Waals surface area contributed by atoms with E-state index in [1.165, 1.54) is 9.80 Å². The third-order valence-electron chi connectivity index (χ3n) is 3.81. The van der Waals surface area contributed by atoms with Crippen molar-refractivity contribution in [3.05, 3.63) is 0 Å². The topological polar surface area (TPSA) is 276 Å². The molecule has 0 radical (unpaired) electrons. The fourth-order valence-electron chi connectivity index (χ4n) is 2.39. The standard InChI is InChI=1S/C14H24N2O10.C6H16N2O2.H2O/c17-11(18)7-15(8-12(19)20)1-3-25-5-6-26-4-2-16(9-13(21)22)10-14(23)24;7-1-3-9-5-6-10-4-2-8;/h1-10H2,(H,17,18)(H,19,20)(H,21,22)(H,23,24);1-8H2;1H2. The number of rotatable bonds is 24. The molecular weight excluding hydrogens is 504 g/mol. The van der Waals surface area contributed by atoms with Crippen LogP contribution in [0.4, 0.5) is 0 Å². The van der Waals surface area contributed by atoms with Gasteiger partial charge < -0.3 is 56.3 Å². The molecule has 0 bridgehead atoms. The molecule has 0 rings (SSSR count). The predicted octanol–water partition coefficient (Wildman–Crippen LogP) is -3.93. The molecule has 0 amide bonds. The number of nitrogens with two attached hydrogens (primary N) is 2. The fourth-order valence-corrected chi connectivity index (χ4v) is 2.39. The highest BCUT2D eigenvalue weighted by Crippen LogP contribution is 1.92. The Morgan fingerprint density at radius 2 is 0.730 bits per heavy atom. The van der Waals surface area contributed by atoms with Crippen molar-refractivity contribution in [2.24, 2.45) is 11.5 Å². The summed E-state index contributed by atoms with van der Waals surface area (Å²) < 4.78 is 20.5. The van der Waals surface area contributed by atoms with E-state index in [4.69, 9.17) is 50.8 Å². The number of ether oxygens (including phenoxy) is 4. The molecule has 0 aromatic carbocycles. The highest BCUT2D eigenvalue weighted by atomic mass is 16.5. The average Bonchev–Trinajstić information content (AvgIpc) is 2.76. The maximum Gasteiger partial charge on any atom is 0.317 e. The van der Waals surface area contributed by atoms with Gasteiger partial charge in [-0.05, 0) is 0 Å². The summed E-state index contributed by atoms with van der Waals surface area (Å²) in [5.74, 6) is -4.55. The first-order valence-electron chi connectivity index (χ1n) is 11.1. The first-order chi connectivity index (χ1) is 17.1. The molecule has 0 aromatic heterocycles. The summed E-state index contributed by atoms with van der Waals surface area (Å²) >= 11 is 0. The summed E-state index contributed by atoms with van der Waals surface area (Å²) in [4.78, 5) is 44.9. The Hall–Kier alpha value is -2.48. The lowest BCUT2D eigenvalue weighted by atomic mass is 10.4. The highest BCUT2D eigenvalue weighted by molar-refractivity contribution is 5.73. The van der Waals surface area contributed by atoms with Crippen LogP contribution >= 0.6 is 0 Å². The first-order valence-corrected chi connectivity index (χ1v) is 11.1. The van der Waals surface area contributed by atoms with Crippen LogP contribution in [0.25, 0.3) is 0 Å². The van der Waals surface area contributed by atoms with Gasteiger partial charge in [-0.15, -0.1) is 0 Å². The summed E-state index contributed by atoms with van der Waals surface area (Å²) in [6, 6.07) is 0. The van der Waals surface area contributed by atoms with Crippen molar-refractivity contribution < 1.29 is 64.0 Å². The van der Waals surface area contributed by atoms with Crippen LogP contribution in [0, 0.1) is 0 Å². The molecule has 10 N–H and O–H groups in total. The smallest absolute Gasteiger partial charge is 0.317 e. The van der Waals surface area contributed by atoms with Crippen molar-refractivity contribution in [1.82, 2.24) is 9.80 Å². The Morgan fingerprint density at radius 3 is 0.946 bits per heavy atom. The molecule has 0 atom stereocenters. The quantitative estimate of drug-likeness (QED) is 0.0630. The predicted molar refractivity (Wildman–Crippen MR) is 128 cm³/mol. The summed E-state index contributed by atoms with van der Waals surface area (Å²) in [5, 5.41) is 34.7. The largest absolute Gasteiger partial charge is 0.480 e. The van der Waals surface area contributed by atoms with Gasteiger partial charge in [0.15, 0.2) is 0 Å². The second kappa shape index (κ2) is 28.1. The van der Waals surface area contributed by atoms with Crippen LogP contribution in [0.3, 0.4) is 0 Å². The summed E-state index contributed by atoms with van der Waals surface area (Å²) in [6.45, 7) is 2.77. The van der Waals surface area contributed by atoms with E-state index in [-0.39, 0.29) is 45.0 Å². The Labute approximate surface area is 215 Å². The molecule has 0 saturated carbocycles. The molecule has 0 spiro atoms. The van der Waals surface area contributed by atoms with Crippen LogP contribution < -0.4 is 11.5 Å². The van der Waals surface area contributed by atoms with E-state index in [2.05, 4.69) is 0 Å². The molecule has 0 aliphatic heterocycles. The van der Waals surface area contributed by atoms with Crippen LogP contribution in [0.15, 0.2) is 0 Å². The number of hydrogen-bond acceptors (Lipinski definition) is 12. The zero-order valence-corrected chi connectivity index (χ0v) is 20.9. The molecule has 0 saturated heterocycles. The molecule has 0 unspecified atom stereocenters. The van der Waals surface area contributed by atoms with Gasteiger partial charge in [0.2, 0.25) is 0 Å². The first kappa shape index (κ1) is 39.0. The fraction of sp³-hybridized carbons (Fsp3) is 0.800. The highest BCUT2D eigenvalue weighted by Gasteiger charge is 2.14. The Morgan fingerprint density at radius 1 is 0.486 bits per heavy atom. The zero-order chi connectivity index (χ0) is 27.6. The van der Waals surface area contributed by atoms with Gasteiger partial charge in [0, 0.05) is 26.2 Å². The van der Waals surface area contributed by atoms with Crippen molar-refractivity contribution in [2.45, 2.75) is 0 Å². The minimum atomic E-state index is -1.14. The van der Waals surface area contributed by atoms with Crippen LogP contribution in [0.1, 0.15) is 0 Å². The van der Waals surface area contributed by atoms with Gasteiger partial charge >= 0.3 is 23.9 Å². The average molecular weight is 547 g/mol. The number of hydrogen-bond donors (Lipinski definition) is 6. The normalized spacial score (nSPS) is 10.5. The molecular formula is C20H42N4O13. The van der Waals surface area contributed by atoms with Crippen molar-refractivity contribution in [1.29, 1.82) is 0 Å². The summed E-state index contributed by atoms with van der Waals surface area (Å²) in [7, 11) is 0. The van der Waals surface area contributed by atoms with E-state index in [1.54, 1.807) is 0 Å². The van der Waals surface area contributed by atoms with E-state index >= 15 is 0 Å². The van der Waals surface area contributed by atoms with Crippen LogP contribution in [-0.4, -0.2) is 165 Å². The lowest BCUT2D eigenvalue weighted by Crippen LogP contribution is -2.37. The number of carbonyl (C=O) groups is 4. The monoisotopic (exact) mass is 546 g/mol. The minimum absolute atomic E-state index is 0. The maximum absolute atomic E-state index is 10.6.